The largest absolute Gasteiger partial charge is 0.481 e. The van der Waals surface area contributed by atoms with Crippen LogP contribution in [0.3, 0.4) is 0 Å². The fourth-order valence-corrected chi connectivity index (χ4v) is 3.04. The van der Waals surface area contributed by atoms with Crippen LogP contribution in [-0.2, 0) is 4.79 Å². The van der Waals surface area contributed by atoms with E-state index in [0.717, 1.165) is 22.1 Å². The average Bonchev–Trinajstić information content (AvgIpc) is 3.02. The Morgan fingerprint density at radius 2 is 2.05 bits per heavy atom. The minimum atomic E-state index is -0.870. The number of carboxylic acids is 1. The molecule has 1 aromatic carbocycles. The molecule has 1 aliphatic heterocycles. The van der Waals surface area contributed by atoms with Crippen LogP contribution in [0.2, 0.25) is 0 Å². The van der Waals surface area contributed by atoms with E-state index in [2.05, 4.69) is 0 Å². The first-order valence-electron chi connectivity index (χ1n) is 7.35. The Morgan fingerprint density at radius 1 is 1.32 bits per heavy atom. The number of benzene rings is 1. The number of aliphatic carboxylic acids is 1. The van der Waals surface area contributed by atoms with Gasteiger partial charge in [-0.15, -0.1) is 0 Å². The third-order valence-electron chi connectivity index (χ3n) is 4.63. The number of amides is 1. The maximum atomic E-state index is 12.7. The van der Waals surface area contributed by atoms with Crippen LogP contribution in [0.1, 0.15) is 35.0 Å². The summed E-state index contributed by atoms with van der Waals surface area (Å²) in [6, 6.07) is 5.81. The summed E-state index contributed by atoms with van der Waals surface area (Å²) in [4.78, 5) is 25.6. The lowest BCUT2D eigenvalue weighted by Crippen LogP contribution is -2.34. The van der Waals surface area contributed by atoms with Gasteiger partial charge in [0.15, 0.2) is 5.76 Å². The molecule has 0 aliphatic carbocycles. The number of carboxylic acid groups (broad SMARTS) is 1. The van der Waals surface area contributed by atoms with E-state index in [0.29, 0.717) is 18.7 Å². The molecule has 1 N–H and O–H groups in total. The molecular weight excluding hydrogens is 282 g/mol. The highest BCUT2D eigenvalue weighted by atomic mass is 16.4. The van der Waals surface area contributed by atoms with Gasteiger partial charge in [-0.05, 0) is 32.8 Å². The summed E-state index contributed by atoms with van der Waals surface area (Å²) in [5.41, 5.74) is 1.65. The number of rotatable bonds is 2. The van der Waals surface area contributed by atoms with Gasteiger partial charge in [0, 0.05) is 24.0 Å². The van der Waals surface area contributed by atoms with Crippen LogP contribution in [-0.4, -0.2) is 35.0 Å². The Bertz CT molecular complexity index is 776. The topological polar surface area (TPSA) is 70.8 Å². The van der Waals surface area contributed by atoms with Crippen LogP contribution in [0, 0.1) is 19.3 Å². The van der Waals surface area contributed by atoms with Gasteiger partial charge in [0.2, 0.25) is 0 Å². The molecule has 0 saturated carbocycles. The summed E-state index contributed by atoms with van der Waals surface area (Å²) >= 11 is 0. The quantitative estimate of drug-likeness (QED) is 0.925. The number of aryl methyl sites for hydroxylation is 2. The van der Waals surface area contributed by atoms with Crippen LogP contribution in [0.25, 0.3) is 11.0 Å². The lowest BCUT2D eigenvalue weighted by atomic mass is 9.90. The zero-order chi connectivity index (χ0) is 16.1. The zero-order valence-electron chi connectivity index (χ0n) is 13.0. The molecule has 5 heteroatoms. The second-order valence-electron chi connectivity index (χ2n) is 6.35. The van der Waals surface area contributed by atoms with Gasteiger partial charge >= 0.3 is 5.97 Å². The Kier molecular flexibility index (Phi) is 3.24. The molecule has 0 spiro atoms. The average molecular weight is 301 g/mol. The van der Waals surface area contributed by atoms with Crippen molar-refractivity contribution in [2.75, 3.05) is 13.1 Å². The predicted molar refractivity (Wildman–Crippen MR) is 82.0 cm³/mol. The minimum Gasteiger partial charge on any atom is -0.481 e. The first-order valence-corrected chi connectivity index (χ1v) is 7.35. The van der Waals surface area contributed by atoms with Gasteiger partial charge in [-0.25, -0.2) is 0 Å². The molecule has 1 saturated heterocycles. The van der Waals surface area contributed by atoms with E-state index in [4.69, 9.17) is 4.42 Å². The molecule has 1 fully saturated rings. The van der Waals surface area contributed by atoms with E-state index in [-0.39, 0.29) is 12.5 Å². The van der Waals surface area contributed by atoms with E-state index < -0.39 is 11.4 Å². The van der Waals surface area contributed by atoms with Crippen molar-refractivity contribution in [2.24, 2.45) is 5.41 Å². The van der Waals surface area contributed by atoms with Crippen molar-refractivity contribution in [1.82, 2.24) is 4.90 Å². The highest BCUT2D eigenvalue weighted by molar-refractivity contribution is 6.00. The van der Waals surface area contributed by atoms with Crippen molar-refractivity contribution in [3.63, 3.8) is 0 Å². The SMILES string of the molecule is Cc1c(C(=O)N2CC[C@](C)(C(=O)O)C2)oc2c(C)cccc12. The van der Waals surface area contributed by atoms with Gasteiger partial charge in [-0.3, -0.25) is 9.59 Å². The lowest BCUT2D eigenvalue weighted by Gasteiger charge is -2.19. The van der Waals surface area contributed by atoms with Crippen LogP contribution < -0.4 is 0 Å². The first-order chi connectivity index (χ1) is 10.3. The molecule has 0 radical (unpaired) electrons. The van der Waals surface area contributed by atoms with E-state index in [1.54, 1.807) is 11.8 Å². The standard InChI is InChI=1S/C17H19NO4/c1-10-5-4-6-12-11(2)14(22-13(10)12)15(19)18-8-7-17(3,9-18)16(20)21/h4-6H,7-9H2,1-3H3,(H,20,21)/t17-/m0/s1. The molecule has 1 atom stereocenters. The maximum Gasteiger partial charge on any atom is 0.311 e. The van der Waals surface area contributed by atoms with E-state index >= 15 is 0 Å². The maximum absolute atomic E-state index is 12.7. The third kappa shape index (κ3) is 2.08. The van der Waals surface area contributed by atoms with Crippen molar-refractivity contribution in [3.8, 4) is 0 Å². The summed E-state index contributed by atoms with van der Waals surface area (Å²) in [6.07, 6.45) is 0.465. The monoisotopic (exact) mass is 301 g/mol. The van der Waals surface area contributed by atoms with Crippen LogP contribution in [0.5, 0.6) is 0 Å². The van der Waals surface area contributed by atoms with Crippen LogP contribution >= 0.6 is 0 Å². The molecular formula is C17H19NO4. The number of furan rings is 1. The van der Waals surface area contributed by atoms with Gasteiger partial charge in [-0.1, -0.05) is 18.2 Å². The molecule has 1 amide bonds. The molecule has 0 unspecified atom stereocenters. The second kappa shape index (κ2) is 4.87. The number of hydrogen-bond donors (Lipinski definition) is 1. The number of carbonyl (C=O) groups excluding carboxylic acids is 1. The zero-order valence-corrected chi connectivity index (χ0v) is 13.0. The molecule has 116 valence electrons. The Labute approximate surface area is 128 Å². The van der Waals surface area contributed by atoms with Crippen molar-refractivity contribution in [2.45, 2.75) is 27.2 Å². The fraction of sp³-hybridized carbons (Fsp3) is 0.412. The molecule has 5 nitrogen and oxygen atoms in total. The van der Waals surface area contributed by atoms with E-state index in [1.807, 2.05) is 32.0 Å². The molecule has 1 aliphatic rings. The lowest BCUT2D eigenvalue weighted by molar-refractivity contribution is -0.147. The summed E-state index contributed by atoms with van der Waals surface area (Å²) in [7, 11) is 0. The molecule has 2 heterocycles. The number of carbonyl (C=O) groups is 2. The number of para-hydroxylation sites is 1. The van der Waals surface area contributed by atoms with Crippen molar-refractivity contribution >= 4 is 22.8 Å². The van der Waals surface area contributed by atoms with Crippen LogP contribution in [0.4, 0.5) is 0 Å². The highest BCUT2D eigenvalue weighted by Gasteiger charge is 2.43. The first kappa shape index (κ1) is 14.6. The molecule has 0 bridgehead atoms. The van der Waals surface area contributed by atoms with E-state index in [9.17, 15) is 14.7 Å². The van der Waals surface area contributed by atoms with Gasteiger partial charge in [0.25, 0.3) is 5.91 Å². The predicted octanol–water partition coefficient (Wildman–Crippen LogP) is 2.99. The number of fused-ring (bicyclic) bond motifs is 1. The minimum absolute atomic E-state index is 0.219. The molecule has 2 aromatic rings. The van der Waals surface area contributed by atoms with Crippen molar-refractivity contribution < 1.29 is 19.1 Å². The summed E-state index contributed by atoms with van der Waals surface area (Å²) < 4.78 is 5.79. The van der Waals surface area contributed by atoms with E-state index in [1.165, 1.54) is 0 Å². The number of hydrogen-bond acceptors (Lipinski definition) is 3. The fourth-order valence-electron chi connectivity index (χ4n) is 3.04. The molecule has 1 aromatic heterocycles. The summed E-state index contributed by atoms with van der Waals surface area (Å²) in [5, 5.41) is 10.2. The van der Waals surface area contributed by atoms with Gasteiger partial charge in [0.1, 0.15) is 5.58 Å². The molecule has 3 rings (SSSR count). The van der Waals surface area contributed by atoms with Gasteiger partial charge in [0.05, 0.1) is 5.41 Å². The number of likely N-dealkylation sites (tertiary alicyclic amines) is 1. The number of nitrogens with zero attached hydrogens (tertiary/aromatic N) is 1. The van der Waals surface area contributed by atoms with Gasteiger partial charge in [-0.2, -0.15) is 0 Å². The Hall–Kier alpha value is -2.30. The second-order valence-corrected chi connectivity index (χ2v) is 6.35. The molecule has 22 heavy (non-hydrogen) atoms. The Balaban J connectivity index is 1.96. The summed E-state index contributed by atoms with van der Waals surface area (Å²) in [6.45, 7) is 6.15. The van der Waals surface area contributed by atoms with Crippen molar-refractivity contribution in [1.29, 1.82) is 0 Å². The van der Waals surface area contributed by atoms with Crippen LogP contribution in [0.15, 0.2) is 22.6 Å². The smallest absolute Gasteiger partial charge is 0.311 e. The summed E-state index contributed by atoms with van der Waals surface area (Å²) in [5.74, 6) is -0.767. The normalized spacial score (nSPS) is 21.5. The highest BCUT2D eigenvalue weighted by Crippen LogP contribution is 2.33. The Morgan fingerprint density at radius 3 is 2.64 bits per heavy atom. The third-order valence-corrected chi connectivity index (χ3v) is 4.63. The van der Waals surface area contributed by atoms with Crippen molar-refractivity contribution in [3.05, 3.63) is 35.1 Å². The van der Waals surface area contributed by atoms with Gasteiger partial charge < -0.3 is 14.4 Å².